The van der Waals surface area contributed by atoms with Crippen LogP contribution >= 0.6 is 0 Å². The molecule has 148 valence electrons. The van der Waals surface area contributed by atoms with Crippen LogP contribution in [0.5, 0.6) is 5.75 Å². The molecule has 2 aromatic rings. The van der Waals surface area contributed by atoms with E-state index in [4.69, 9.17) is 13.9 Å². The second-order valence-corrected chi connectivity index (χ2v) is 8.34. The topological polar surface area (TPSA) is 95.7 Å². The van der Waals surface area contributed by atoms with E-state index in [-0.39, 0.29) is 18.0 Å². The number of oxazole rings is 1. The maximum Gasteiger partial charge on any atom is 0.226 e. The summed E-state index contributed by atoms with van der Waals surface area (Å²) in [5.74, 6) is 0.381. The smallest absolute Gasteiger partial charge is 0.226 e. The number of ether oxygens (including phenoxy) is 2. The van der Waals surface area contributed by atoms with Crippen LogP contribution in [-0.4, -0.2) is 45.8 Å². The Kier molecular flexibility index (Phi) is 7.55. The highest BCUT2D eigenvalue weighted by atomic mass is 32.2. The molecule has 0 atom stereocenters. The second-order valence-electron chi connectivity index (χ2n) is 6.27. The molecule has 1 aromatic heterocycles. The molecule has 7 nitrogen and oxygen atoms in total. The van der Waals surface area contributed by atoms with Crippen LogP contribution in [0.2, 0.25) is 0 Å². The SMILES string of the molecule is COCCCCC(=O)CS(=O)(=O)Cc1nc(-c2ccc(OC)cc2)oc1C. The number of Topliss-reactive ketones (excluding diaryl/α,β-unsaturated/α-hetero) is 1. The number of benzene rings is 1. The van der Waals surface area contributed by atoms with Crippen LogP contribution in [0, 0.1) is 6.92 Å². The van der Waals surface area contributed by atoms with Crippen molar-refractivity contribution in [1.82, 2.24) is 4.98 Å². The third-order valence-corrected chi connectivity index (χ3v) is 5.50. The van der Waals surface area contributed by atoms with Crippen molar-refractivity contribution in [2.75, 3.05) is 26.6 Å². The van der Waals surface area contributed by atoms with E-state index in [0.717, 1.165) is 12.0 Å². The highest BCUT2D eigenvalue weighted by Gasteiger charge is 2.22. The normalized spacial score (nSPS) is 11.5. The summed E-state index contributed by atoms with van der Waals surface area (Å²) in [6, 6.07) is 7.11. The molecule has 0 aliphatic carbocycles. The summed E-state index contributed by atoms with van der Waals surface area (Å²) < 4.78 is 40.3. The Balaban J connectivity index is 2.01. The summed E-state index contributed by atoms with van der Waals surface area (Å²) >= 11 is 0. The third-order valence-electron chi connectivity index (χ3n) is 4.02. The Morgan fingerprint density at radius 2 is 1.85 bits per heavy atom. The van der Waals surface area contributed by atoms with Crippen molar-refractivity contribution < 1.29 is 27.1 Å². The monoisotopic (exact) mass is 395 g/mol. The summed E-state index contributed by atoms with van der Waals surface area (Å²) in [5.41, 5.74) is 1.05. The number of rotatable bonds is 11. The fraction of sp³-hybridized carbons (Fsp3) is 0.474. The first-order valence-electron chi connectivity index (χ1n) is 8.66. The first-order valence-corrected chi connectivity index (χ1v) is 10.5. The average molecular weight is 395 g/mol. The van der Waals surface area contributed by atoms with Gasteiger partial charge in [-0.15, -0.1) is 0 Å². The van der Waals surface area contributed by atoms with E-state index in [0.29, 0.717) is 36.1 Å². The average Bonchev–Trinajstić information content (AvgIpc) is 2.98. The van der Waals surface area contributed by atoms with Gasteiger partial charge in [-0.05, 0) is 44.0 Å². The number of aryl methyl sites for hydroxylation is 1. The van der Waals surface area contributed by atoms with Gasteiger partial charge in [0.2, 0.25) is 5.89 Å². The van der Waals surface area contributed by atoms with Crippen molar-refractivity contribution in [3.8, 4) is 17.2 Å². The molecule has 0 saturated carbocycles. The Bertz CT molecular complexity index is 855. The minimum atomic E-state index is -3.60. The summed E-state index contributed by atoms with van der Waals surface area (Å²) in [6.07, 6.45) is 1.58. The zero-order valence-electron chi connectivity index (χ0n) is 15.9. The molecule has 8 heteroatoms. The lowest BCUT2D eigenvalue weighted by atomic mass is 10.2. The largest absolute Gasteiger partial charge is 0.497 e. The molecule has 0 amide bonds. The van der Waals surface area contributed by atoms with Crippen molar-refractivity contribution in [3.63, 3.8) is 0 Å². The van der Waals surface area contributed by atoms with Gasteiger partial charge < -0.3 is 13.9 Å². The number of methoxy groups -OCH3 is 2. The van der Waals surface area contributed by atoms with Crippen molar-refractivity contribution >= 4 is 15.6 Å². The van der Waals surface area contributed by atoms with Gasteiger partial charge in [0, 0.05) is 25.7 Å². The minimum Gasteiger partial charge on any atom is -0.497 e. The number of carbonyl (C=O) groups is 1. The predicted molar refractivity (Wildman–Crippen MR) is 101 cm³/mol. The van der Waals surface area contributed by atoms with E-state index >= 15 is 0 Å². The first-order chi connectivity index (χ1) is 12.8. The molecule has 0 bridgehead atoms. The summed E-state index contributed by atoms with van der Waals surface area (Å²) in [6.45, 7) is 2.23. The lowest BCUT2D eigenvalue weighted by molar-refractivity contribution is -0.116. The van der Waals surface area contributed by atoms with Crippen LogP contribution in [0.4, 0.5) is 0 Å². The van der Waals surface area contributed by atoms with E-state index in [9.17, 15) is 13.2 Å². The van der Waals surface area contributed by atoms with Crippen LogP contribution in [-0.2, 0) is 25.1 Å². The number of nitrogens with zero attached hydrogens (tertiary/aromatic N) is 1. The Labute approximate surface area is 159 Å². The van der Waals surface area contributed by atoms with Gasteiger partial charge >= 0.3 is 0 Å². The van der Waals surface area contributed by atoms with Gasteiger partial charge in [-0.3, -0.25) is 4.79 Å². The molecule has 0 unspecified atom stereocenters. The van der Waals surface area contributed by atoms with E-state index in [1.807, 2.05) is 0 Å². The quantitative estimate of drug-likeness (QED) is 0.540. The number of hydrogen-bond acceptors (Lipinski definition) is 7. The molecule has 0 aliphatic rings. The molecule has 1 aromatic carbocycles. The lowest BCUT2D eigenvalue weighted by Gasteiger charge is -2.03. The van der Waals surface area contributed by atoms with Gasteiger partial charge in [0.25, 0.3) is 0 Å². The van der Waals surface area contributed by atoms with Crippen molar-refractivity contribution in [2.24, 2.45) is 0 Å². The number of unbranched alkanes of at least 4 members (excludes halogenated alkanes) is 1. The Morgan fingerprint density at radius 1 is 1.15 bits per heavy atom. The highest BCUT2D eigenvalue weighted by Crippen LogP contribution is 2.25. The maximum absolute atomic E-state index is 12.3. The Hall–Kier alpha value is -2.19. The molecule has 0 fully saturated rings. The van der Waals surface area contributed by atoms with Crippen LogP contribution in [0.1, 0.15) is 30.7 Å². The van der Waals surface area contributed by atoms with Crippen molar-refractivity contribution in [3.05, 3.63) is 35.7 Å². The molecule has 0 saturated heterocycles. The van der Waals surface area contributed by atoms with Gasteiger partial charge in [-0.25, -0.2) is 13.4 Å². The number of ketones is 1. The number of carbonyl (C=O) groups excluding carboxylic acids is 1. The number of hydrogen-bond donors (Lipinski definition) is 0. The minimum absolute atomic E-state index is 0.234. The van der Waals surface area contributed by atoms with Gasteiger partial charge in [0.1, 0.15) is 23.0 Å². The van der Waals surface area contributed by atoms with Gasteiger partial charge in [-0.2, -0.15) is 0 Å². The van der Waals surface area contributed by atoms with E-state index in [2.05, 4.69) is 4.98 Å². The van der Waals surface area contributed by atoms with E-state index < -0.39 is 15.6 Å². The van der Waals surface area contributed by atoms with Crippen LogP contribution in [0.15, 0.2) is 28.7 Å². The fourth-order valence-corrected chi connectivity index (χ4v) is 3.99. The van der Waals surface area contributed by atoms with E-state index in [1.165, 1.54) is 0 Å². The molecule has 0 spiro atoms. The van der Waals surface area contributed by atoms with E-state index in [1.54, 1.807) is 45.4 Å². The number of sulfone groups is 1. The molecule has 27 heavy (non-hydrogen) atoms. The van der Waals surface area contributed by atoms with Gasteiger partial charge in [-0.1, -0.05) is 0 Å². The zero-order valence-corrected chi connectivity index (χ0v) is 16.7. The summed E-state index contributed by atoms with van der Waals surface area (Å²) in [4.78, 5) is 16.2. The predicted octanol–water partition coefficient (Wildman–Crippen LogP) is 2.96. The van der Waals surface area contributed by atoms with Crippen LogP contribution in [0.25, 0.3) is 11.5 Å². The summed E-state index contributed by atoms with van der Waals surface area (Å²) in [5, 5.41) is 0. The molecule has 2 rings (SSSR count). The molecular weight excluding hydrogens is 370 g/mol. The fourth-order valence-electron chi connectivity index (χ4n) is 2.56. The maximum atomic E-state index is 12.3. The van der Waals surface area contributed by atoms with Crippen LogP contribution < -0.4 is 4.74 Å². The third kappa shape index (κ3) is 6.48. The molecule has 0 N–H and O–H groups in total. The second kappa shape index (κ2) is 9.66. The molecule has 1 heterocycles. The van der Waals surface area contributed by atoms with Crippen molar-refractivity contribution in [2.45, 2.75) is 31.9 Å². The molecule has 0 aliphatic heterocycles. The standard InChI is InChI=1S/C19H25NO6S/c1-14-18(13-27(22,23)12-16(21)6-4-5-11-24-2)20-19(26-14)15-7-9-17(25-3)10-8-15/h7-10H,4-6,11-13H2,1-3H3. The first kappa shape index (κ1) is 21.1. The van der Waals surface area contributed by atoms with Gasteiger partial charge in [0.05, 0.1) is 18.6 Å². The number of aromatic nitrogens is 1. The zero-order chi connectivity index (χ0) is 19.9. The Morgan fingerprint density at radius 3 is 2.48 bits per heavy atom. The lowest BCUT2D eigenvalue weighted by Crippen LogP contribution is -2.18. The molecular formula is C19H25NO6S. The van der Waals surface area contributed by atoms with Crippen LogP contribution in [0.3, 0.4) is 0 Å². The van der Waals surface area contributed by atoms with Crippen molar-refractivity contribution in [1.29, 1.82) is 0 Å². The summed E-state index contributed by atoms with van der Waals surface area (Å²) in [7, 11) is -0.436. The van der Waals surface area contributed by atoms with Gasteiger partial charge in [0.15, 0.2) is 9.84 Å². The molecule has 0 radical (unpaired) electrons. The highest BCUT2D eigenvalue weighted by molar-refractivity contribution is 7.91.